The third-order valence-corrected chi connectivity index (χ3v) is 3.14. The van der Waals surface area contributed by atoms with Crippen LogP contribution >= 0.6 is 11.8 Å². The first kappa shape index (κ1) is 26.6. The first-order valence-corrected chi connectivity index (χ1v) is 6.61. The third kappa shape index (κ3) is 14.0. The summed E-state index contributed by atoms with van der Waals surface area (Å²) in [6, 6.07) is -1.34. The molecule has 0 rings (SSSR count). The smallest absolute Gasteiger partial charge is 0.550 e. The van der Waals surface area contributed by atoms with Crippen molar-refractivity contribution in [3.8, 4) is 0 Å². The van der Waals surface area contributed by atoms with E-state index in [1.54, 1.807) is 0 Å². The molecule has 0 saturated heterocycles. The topological polar surface area (TPSA) is 150 Å². The van der Waals surface area contributed by atoms with Crippen molar-refractivity contribution in [2.75, 3.05) is 18.1 Å². The van der Waals surface area contributed by atoms with Crippen molar-refractivity contribution in [1.82, 2.24) is 5.32 Å². The Balaban J connectivity index is -0.00000162. The van der Waals surface area contributed by atoms with E-state index in [-0.39, 0.29) is 71.5 Å². The molecule has 0 aliphatic heterocycles. The summed E-state index contributed by atoms with van der Waals surface area (Å²) >= 11 is 1.18. The van der Waals surface area contributed by atoms with Crippen molar-refractivity contribution >= 4 is 29.6 Å². The fraction of sp³-hybridized carbons (Fsp3) is 0.700. The summed E-state index contributed by atoms with van der Waals surface area (Å²) in [5.41, 5.74) is 0. The van der Waals surface area contributed by atoms with Crippen molar-refractivity contribution in [3.05, 3.63) is 0 Å². The van der Waals surface area contributed by atoms with Crippen LogP contribution in [0.2, 0.25) is 0 Å². The molecule has 110 valence electrons. The fourth-order valence-electron chi connectivity index (χ4n) is 1.05. The van der Waals surface area contributed by atoms with Gasteiger partial charge in [-0.15, -0.1) is 0 Å². The molecule has 0 fully saturated rings. The average Bonchev–Trinajstić information content (AvgIpc) is 2.31. The quantitative estimate of drug-likeness (QED) is 0.262. The molecule has 0 aromatic rings. The van der Waals surface area contributed by atoms with E-state index in [1.807, 2.05) is 5.32 Å². The summed E-state index contributed by atoms with van der Waals surface area (Å²) in [5, 5.41) is 40.6. The van der Waals surface area contributed by atoms with Crippen LogP contribution in [0.5, 0.6) is 0 Å². The van der Waals surface area contributed by atoms with Crippen LogP contribution in [-0.4, -0.2) is 58.3 Å². The van der Waals surface area contributed by atoms with Gasteiger partial charge < -0.3 is 35.3 Å². The maximum Gasteiger partial charge on any atom is 1.00 e. The van der Waals surface area contributed by atoms with Crippen molar-refractivity contribution < 1.29 is 93.9 Å². The Bertz CT molecular complexity index is 333. The average molecular weight is 339 g/mol. The van der Waals surface area contributed by atoms with Crippen LogP contribution in [0, 0.1) is 0 Å². The largest absolute Gasteiger partial charge is 1.00 e. The number of aliphatic hydroxyl groups is 2. The predicted octanol–water partition coefficient (Wildman–Crippen LogP) is -10.2. The van der Waals surface area contributed by atoms with Gasteiger partial charge in [0.2, 0.25) is 5.91 Å². The third-order valence-electron chi connectivity index (χ3n) is 1.99. The molecule has 0 spiro atoms. The molecule has 0 heterocycles. The Morgan fingerprint density at radius 1 is 1.19 bits per heavy atom. The number of amides is 1. The number of thioether (sulfide) groups is 1. The normalized spacial score (nSPS) is 12.3. The van der Waals surface area contributed by atoms with Crippen LogP contribution in [-0.2, 0) is 14.4 Å². The number of rotatable bonds is 10. The molecule has 0 aromatic heterocycles. The summed E-state index contributed by atoms with van der Waals surface area (Å²) in [6.45, 7) is -0.0281. The van der Waals surface area contributed by atoms with Crippen LogP contribution < -0.4 is 74.6 Å². The predicted molar refractivity (Wildman–Crippen MR) is 61.6 cm³/mol. The van der Waals surface area contributed by atoms with Gasteiger partial charge in [-0.25, -0.2) is 0 Å². The molecule has 0 bridgehead atoms. The van der Waals surface area contributed by atoms with E-state index >= 15 is 0 Å². The second-order valence-electron chi connectivity index (χ2n) is 3.62. The van der Waals surface area contributed by atoms with E-state index in [4.69, 9.17) is 10.2 Å². The van der Waals surface area contributed by atoms with E-state index in [0.29, 0.717) is 12.2 Å². The standard InChI is InChI=1S/C10H17NO7S.2Na/c12-2-1-3-19-5-6(10(17)18)11-9(16)7(13)4-8(14)15;;/h6-7,12-13H,1-5H2,(H,11,16)(H,14,15)(H,17,18);;/q;2*+1/p-2/t6-,7+;;/m0../s1. The summed E-state index contributed by atoms with van der Waals surface area (Å²) in [5.74, 6) is -3.78. The summed E-state index contributed by atoms with van der Waals surface area (Å²) in [4.78, 5) is 32.2. The number of nitrogens with one attached hydrogen (secondary N) is 1. The number of aliphatic hydroxyl groups excluding tert-OH is 2. The van der Waals surface area contributed by atoms with E-state index in [9.17, 15) is 24.6 Å². The summed E-state index contributed by atoms with van der Waals surface area (Å²) in [7, 11) is 0. The van der Waals surface area contributed by atoms with Gasteiger partial charge in [0.05, 0.1) is 12.0 Å². The molecule has 21 heavy (non-hydrogen) atoms. The maximum absolute atomic E-state index is 11.3. The maximum atomic E-state index is 11.3. The zero-order chi connectivity index (χ0) is 14.8. The van der Waals surface area contributed by atoms with Crippen LogP contribution in [0.4, 0.5) is 0 Å². The first-order valence-electron chi connectivity index (χ1n) is 5.46. The van der Waals surface area contributed by atoms with Crippen molar-refractivity contribution in [2.24, 2.45) is 0 Å². The van der Waals surface area contributed by atoms with Gasteiger partial charge in [-0.1, -0.05) is 0 Å². The number of carbonyl (C=O) groups excluding carboxylic acids is 3. The Labute approximate surface area is 170 Å². The number of carbonyl (C=O) groups is 3. The first-order chi connectivity index (χ1) is 8.88. The van der Waals surface area contributed by atoms with E-state index in [1.165, 1.54) is 11.8 Å². The molecule has 1 amide bonds. The van der Waals surface area contributed by atoms with Gasteiger partial charge in [0.25, 0.3) is 0 Å². The van der Waals surface area contributed by atoms with Crippen molar-refractivity contribution in [3.63, 3.8) is 0 Å². The molecule has 0 radical (unpaired) electrons. The molecule has 0 aromatic carbocycles. The zero-order valence-electron chi connectivity index (χ0n) is 12.0. The molecule has 3 N–H and O–H groups in total. The number of hydrogen-bond donors (Lipinski definition) is 3. The van der Waals surface area contributed by atoms with Gasteiger partial charge in [-0.05, 0) is 12.2 Å². The molecule has 0 saturated carbocycles. The summed E-state index contributed by atoms with van der Waals surface area (Å²) in [6.07, 6.45) is -2.30. The van der Waals surface area contributed by atoms with E-state index in [2.05, 4.69) is 0 Å². The monoisotopic (exact) mass is 339 g/mol. The minimum Gasteiger partial charge on any atom is -0.550 e. The molecule has 0 unspecified atom stereocenters. The van der Waals surface area contributed by atoms with Gasteiger partial charge in [0.1, 0.15) is 6.10 Å². The van der Waals surface area contributed by atoms with Gasteiger partial charge in [0.15, 0.2) is 0 Å². The molecule has 0 aliphatic rings. The van der Waals surface area contributed by atoms with Crippen LogP contribution in [0.15, 0.2) is 0 Å². The van der Waals surface area contributed by atoms with Crippen LogP contribution in [0.1, 0.15) is 12.8 Å². The van der Waals surface area contributed by atoms with E-state index < -0.39 is 36.4 Å². The summed E-state index contributed by atoms with van der Waals surface area (Å²) < 4.78 is 0. The number of aliphatic carboxylic acids is 2. The van der Waals surface area contributed by atoms with Crippen molar-refractivity contribution in [2.45, 2.75) is 25.0 Å². The number of hydrogen-bond acceptors (Lipinski definition) is 8. The van der Waals surface area contributed by atoms with E-state index in [0.717, 1.165) is 0 Å². The second kappa shape index (κ2) is 15.6. The minimum atomic E-state index is -1.87. The molecule has 0 aliphatic carbocycles. The molecule has 2 atom stereocenters. The zero-order valence-corrected chi connectivity index (χ0v) is 16.9. The Kier molecular flexibility index (Phi) is 19.7. The van der Waals surface area contributed by atoms with Gasteiger partial charge >= 0.3 is 59.1 Å². The van der Waals surface area contributed by atoms with Crippen LogP contribution in [0.3, 0.4) is 0 Å². The molecular weight excluding hydrogens is 324 g/mol. The Morgan fingerprint density at radius 2 is 1.76 bits per heavy atom. The van der Waals surface area contributed by atoms with Gasteiger partial charge in [-0.3, -0.25) is 4.79 Å². The van der Waals surface area contributed by atoms with Gasteiger partial charge in [0, 0.05) is 24.7 Å². The Morgan fingerprint density at radius 3 is 2.19 bits per heavy atom. The SMILES string of the molecule is O=C([O-])C[C@@H](O)C(=O)N[C@@H](CSCCCO)C(=O)[O-].[Na+].[Na+]. The molecule has 11 heteroatoms. The molecular formula is C10H15NNa2O7S. The number of carboxylic acids is 2. The second-order valence-corrected chi connectivity index (χ2v) is 4.77. The Hall–Kier alpha value is 0.680. The van der Waals surface area contributed by atoms with Gasteiger partial charge in [-0.2, -0.15) is 11.8 Å². The fourth-order valence-corrected chi connectivity index (χ4v) is 2.01. The van der Waals surface area contributed by atoms with Crippen molar-refractivity contribution in [1.29, 1.82) is 0 Å². The number of carboxylic acid groups (broad SMARTS) is 2. The van der Waals surface area contributed by atoms with Crippen LogP contribution in [0.25, 0.3) is 0 Å². The molecule has 8 nitrogen and oxygen atoms in total. The minimum absolute atomic E-state index is 0.